The van der Waals surface area contributed by atoms with Crippen molar-refractivity contribution in [1.29, 1.82) is 0 Å². The molecule has 1 aromatic heterocycles. The number of carbonyl (C=O) groups excluding carboxylic acids is 1. The van der Waals surface area contributed by atoms with Gasteiger partial charge in [0.1, 0.15) is 23.8 Å². The molecule has 1 fully saturated rings. The molecule has 2 atom stereocenters. The van der Waals surface area contributed by atoms with Crippen molar-refractivity contribution in [2.24, 2.45) is 5.84 Å². The third-order valence-electron chi connectivity index (χ3n) is 4.89. The molecule has 1 amide bonds. The van der Waals surface area contributed by atoms with Crippen molar-refractivity contribution in [3.05, 3.63) is 81.6 Å². The molecule has 8 nitrogen and oxygen atoms in total. The van der Waals surface area contributed by atoms with Crippen LogP contribution >= 0.6 is 23.8 Å². The Morgan fingerprint density at radius 3 is 2.73 bits per heavy atom. The Kier molecular flexibility index (Phi) is 5.67. The molecular weight excluding hydrogens is 431 g/mol. The predicted octanol–water partition coefficient (Wildman–Crippen LogP) is 2.85. The number of nitrogens with one attached hydrogen (secondary N) is 2. The monoisotopic (exact) mass is 448 g/mol. The molecule has 0 saturated carbocycles. The Hall–Kier alpha value is -2.63. The van der Waals surface area contributed by atoms with Gasteiger partial charge in [-0.1, -0.05) is 41.9 Å². The number of carbonyl (C=O) groups is 1. The largest absolute Gasteiger partial charge is 0.354 e. The number of benzene rings is 2. The first-order chi connectivity index (χ1) is 14.5. The van der Waals surface area contributed by atoms with Gasteiger partial charge in [0.25, 0.3) is 0 Å². The maximum atomic E-state index is 13.5. The number of nitrogens with two attached hydrogens (primary N) is 1. The van der Waals surface area contributed by atoms with Gasteiger partial charge in [0, 0.05) is 10.6 Å². The minimum absolute atomic E-state index is 0.0724. The highest BCUT2D eigenvalue weighted by molar-refractivity contribution is 7.71. The first kappa shape index (κ1) is 20.6. The van der Waals surface area contributed by atoms with Crippen LogP contribution in [0, 0.1) is 10.6 Å². The molecule has 1 aliphatic heterocycles. The van der Waals surface area contributed by atoms with Gasteiger partial charge >= 0.3 is 6.03 Å². The summed E-state index contributed by atoms with van der Waals surface area (Å²) < 4.78 is 22.5. The number of hydrazine groups is 1. The highest BCUT2D eigenvalue weighted by atomic mass is 35.5. The molecule has 1 aliphatic rings. The lowest BCUT2D eigenvalue weighted by atomic mass is 9.91. The second-order valence-corrected chi connectivity index (χ2v) is 7.49. The normalized spacial score (nSPS) is 20.2. The average molecular weight is 449 g/mol. The van der Waals surface area contributed by atoms with Crippen LogP contribution in [0.2, 0.25) is 5.02 Å². The third-order valence-corrected chi connectivity index (χ3v) is 5.65. The summed E-state index contributed by atoms with van der Waals surface area (Å²) in [6.45, 7) is 0.284. The lowest BCUT2D eigenvalue weighted by Gasteiger charge is -2.14. The van der Waals surface area contributed by atoms with Crippen LogP contribution < -0.4 is 16.6 Å². The molecule has 0 aliphatic carbocycles. The van der Waals surface area contributed by atoms with Gasteiger partial charge in [0.2, 0.25) is 4.77 Å². The smallest absolute Gasteiger partial charge is 0.330 e. The average Bonchev–Trinajstić information content (AvgIpc) is 3.35. The minimum Gasteiger partial charge on any atom is -0.354 e. The highest BCUT2D eigenvalue weighted by Gasteiger charge is 2.59. The number of amides is 1. The summed E-state index contributed by atoms with van der Waals surface area (Å²) >= 11 is 11.8. The van der Waals surface area contributed by atoms with E-state index in [1.54, 1.807) is 18.2 Å². The van der Waals surface area contributed by atoms with E-state index in [2.05, 4.69) is 15.8 Å². The van der Waals surface area contributed by atoms with E-state index in [-0.39, 0.29) is 29.9 Å². The number of aromatic nitrogens is 3. The van der Waals surface area contributed by atoms with Gasteiger partial charge in [-0.2, -0.15) is 5.10 Å². The van der Waals surface area contributed by atoms with Gasteiger partial charge < -0.3 is 10.1 Å². The fourth-order valence-electron chi connectivity index (χ4n) is 3.36. The Balaban J connectivity index is 1.69. The van der Waals surface area contributed by atoms with E-state index < -0.39 is 11.6 Å². The predicted molar refractivity (Wildman–Crippen MR) is 111 cm³/mol. The lowest BCUT2D eigenvalue weighted by Crippen LogP contribution is -2.39. The maximum absolute atomic E-state index is 13.5. The molecule has 0 spiro atoms. The van der Waals surface area contributed by atoms with Gasteiger partial charge in [0.05, 0.1) is 13.2 Å². The number of ether oxygens (including phenoxy) is 1. The number of hydrogen-bond acceptors (Lipinski definition) is 6. The van der Waals surface area contributed by atoms with Crippen molar-refractivity contribution in [2.45, 2.75) is 18.2 Å². The van der Waals surface area contributed by atoms with Crippen LogP contribution in [0.5, 0.6) is 0 Å². The molecular formula is C19H18ClFN6O2S. The summed E-state index contributed by atoms with van der Waals surface area (Å²) in [5.74, 6) is 4.82. The van der Waals surface area contributed by atoms with Crippen LogP contribution in [-0.2, 0) is 16.9 Å². The molecule has 2 heterocycles. The molecule has 4 rings (SSSR count). The number of hydrogen-bond donors (Lipinski definition) is 3. The van der Waals surface area contributed by atoms with Crippen molar-refractivity contribution < 1.29 is 13.9 Å². The molecule has 1 saturated heterocycles. The number of nitrogens with zero attached hydrogens (tertiary/aromatic N) is 3. The van der Waals surface area contributed by atoms with Crippen LogP contribution in [0.1, 0.15) is 17.2 Å². The van der Waals surface area contributed by atoms with Crippen LogP contribution in [0.4, 0.5) is 9.18 Å². The molecule has 11 heteroatoms. The SMILES string of the molecule is NNCNC(=O)n1cnn(CC2(c3ccc(F)cc3)OC2c2ccccc2Cl)c1=S. The summed E-state index contributed by atoms with van der Waals surface area (Å²) in [4.78, 5) is 12.2. The second-order valence-electron chi connectivity index (χ2n) is 6.72. The maximum Gasteiger partial charge on any atom is 0.330 e. The fraction of sp³-hybridized carbons (Fsp3) is 0.211. The molecule has 0 bridgehead atoms. The van der Waals surface area contributed by atoms with Crippen molar-refractivity contribution in [1.82, 2.24) is 25.1 Å². The molecule has 4 N–H and O–H groups in total. The van der Waals surface area contributed by atoms with E-state index in [1.807, 2.05) is 18.2 Å². The highest BCUT2D eigenvalue weighted by Crippen LogP contribution is 2.59. The van der Waals surface area contributed by atoms with Crippen molar-refractivity contribution in [3.63, 3.8) is 0 Å². The molecule has 156 valence electrons. The zero-order valence-corrected chi connectivity index (χ0v) is 17.2. The van der Waals surface area contributed by atoms with Gasteiger partial charge in [0.15, 0.2) is 0 Å². The molecule has 2 aromatic carbocycles. The Morgan fingerprint density at radius 1 is 1.30 bits per heavy atom. The number of halogens is 2. The first-order valence-electron chi connectivity index (χ1n) is 9.00. The molecule has 30 heavy (non-hydrogen) atoms. The fourth-order valence-corrected chi connectivity index (χ4v) is 3.84. The summed E-state index contributed by atoms with van der Waals surface area (Å²) in [6, 6.07) is 12.9. The third kappa shape index (κ3) is 3.75. The number of rotatable bonds is 6. The van der Waals surface area contributed by atoms with Crippen molar-refractivity contribution in [2.75, 3.05) is 6.67 Å². The second kappa shape index (κ2) is 8.25. The van der Waals surface area contributed by atoms with Crippen LogP contribution in [-0.4, -0.2) is 27.0 Å². The summed E-state index contributed by atoms with van der Waals surface area (Å²) in [6.07, 6.45) is 0.943. The van der Waals surface area contributed by atoms with Crippen LogP contribution in [0.25, 0.3) is 0 Å². The van der Waals surface area contributed by atoms with Gasteiger partial charge in [-0.15, -0.1) is 0 Å². The zero-order chi connectivity index (χ0) is 21.3. The number of epoxide rings is 1. The van der Waals surface area contributed by atoms with Crippen molar-refractivity contribution >= 4 is 29.8 Å². The molecule has 0 radical (unpaired) electrons. The van der Waals surface area contributed by atoms with E-state index in [0.29, 0.717) is 5.02 Å². The van der Waals surface area contributed by atoms with E-state index in [9.17, 15) is 9.18 Å². The van der Waals surface area contributed by atoms with Crippen LogP contribution in [0.3, 0.4) is 0 Å². The Morgan fingerprint density at radius 2 is 2.03 bits per heavy atom. The Bertz CT molecular complexity index is 1130. The van der Waals surface area contributed by atoms with E-state index in [4.69, 9.17) is 34.4 Å². The van der Waals surface area contributed by atoms with E-state index >= 15 is 0 Å². The summed E-state index contributed by atoms with van der Waals surface area (Å²) in [5.41, 5.74) is 3.03. The van der Waals surface area contributed by atoms with Crippen LogP contribution in [0.15, 0.2) is 54.9 Å². The quantitative estimate of drug-likeness (QED) is 0.176. The minimum atomic E-state index is -0.856. The van der Waals surface area contributed by atoms with Gasteiger partial charge in [-0.25, -0.2) is 23.9 Å². The van der Waals surface area contributed by atoms with Crippen molar-refractivity contribution in [3.8, 4) is 0 Å². The summed E-state index contributed by atoms with van der Waals surface area (Å²) in [5, 5.41) is 7.34. The molecule has 3 aromatic rings. The van der Waals surface area contributed by atoms with E-state index in [0.717, 1.165) is 11.1 Å². The zero-order valence-electron chi connectivity index (χ0n) is 15.6. The summed E-state index contributed by atoms with van der Waals surface area (Å²) in [7, 11) is 0. The van der Waals surface area contributed by atoms with Gasteiger partial charge in [-0.05, 0) is 36.0 Å². The Labute approximate surface area is 181 Å². The topological polar surface area (TPSA) is 102 Å². The lowest BCUT2D eigenvalue weighted by molar-refractivity contribution is 0.240. The standard InChI is InChI=1S/C19H18ClFN6O2S/c20-15-4-2-1-3-14(15)16-19(29-16,12-5-7-13(21)8-6-12)9-27-18(30)26(11-25-27)17(28)23-10-24-22/h1-8,11,16,24H,9-10,22H2,(H,23,28). The van der Waals surface area contributed by atoms with Gasteiger partial charge in [-0.3, -0.25) is 5.84 Å². The first-order valence-corrected chi connectivity index (χ1v) is 9.79. The molecule has 2 unspecified atom stereocenters. The van der Waals surface area contributed by atoms with E-state index in [1.165, 1.54) is 27.7 Å².